The largest absolute Gasteiger partial charge is 0.435 e. The lowest BCUT2D eigenvalue weighted by atomic mass is 9.93. The summed E-state index contributed by atoms with van der Waals surface area (Å²) in [6.45, 7) is 0. The van der Waals surface area contributed by atoms with Crippen molar-refractivity contribution in [3.63, 3.8) is 0 Å². The summed E-state index contributed by atoms with van der Waals surface area (Å²) in [5.41, 5.74) is -2.04. The van der Waals surface area contributed by atoms with Gasteiger partial charge in [0.2, 0.25) is 0 Å². The van der Waals surface area contributed by atoms with Crippen LogP contribution in [0.25, 0.3) is 22.2 Å². The van der Waals surface area contributed by atoms with Gasteiger partial charge in [0.15, 0.2) is 5.82 Å². The van der Waals surface area contributed by atoms with Crippen molar-refractivity contribution in [1.29, 1.82) is 0 Å². The molecule has 0 aliphatic heterocycles. The highest BCUT2D eigenvalue weighted by atomic mass is 79.9. The predicted octanol–water partition coefficient (Wildman–Crippen LogP) is 7.37. The molecule has 0 saturated heterocycles. The fourth-order valence-electron chi connectivity index (χ4n) is 2.84. The quantitative estimate of drug-likeness (QED) is 0.253. The molecule has 12 heteroatoms. The van der Waals surface area contributed by atoms with Gasteiger partial charge in [0.1, 0.15) is 0 Å². The second-order valence-electron chi connectivity index (χ2n) is 6.06. The number of rotatable bonds is 2. The van der Waals surface area contributed by atoms with Gasteiger partial charge in [-0.15, -0.1) is 0 Å². The Bertz CT molecular complexity index is 1090. The molecular weight excluding hydrogens is 544 g/mol. The number of nitrogen functional groups attached to an aromatic ring is 1. The first-order valence-electron chi connectivity index (χ1n) is 7.58. The van der Waals surface area contributed by atoms with E-state index in [2.05, 4.69) is 36.8 Å². The van der Waals surface area contributed by atoms with Gasteiger partial charge in [-0.3, -0.25) is 0 Å². The Morgan fingerprint density at radius 2 is 1.48 bits per heavy atom. The van der Waals surface area contributed by atoms with Gasteiger partial charge < -0.3 is 10.7 Å². The van der Waals surface area contributed by atoms with Crippen LogP contribution < -0.4 is 5.73 Å². The highest BCUT2D eigenvalue weighted by Gasteiger charge is 2.73. The molecule has 2 aromatic carbocycles. The highest BCUT2D eigenvalue weighted by molar-refractivity contribution is 9.11. The Morgan fingerprint density at radius 3 is 2.03 bits per heavy atom. The maximum atomic E-state index is 14.5. The fourth-order valence-corrected chi connectivity index (χ4v) is 4.02. The van der Waals surface area contributed by atoms with Crippen LogP contribution in [0.1, 0.15) is 5.56 Å². The lowest BCUT2D eigenvalue weighted by Crippen LogP contribution is -2.50. The number of H-pyrrole nitrogens is 1. The van der Waals surface area contributed by atoms with E-state index in [0.717, 1.165) is 0 Å². The van der Waals surface area contributed by atoms with Crippen LogP contribution in [0.2, 0.25) is 0 Å². The van der Waals surface area contributed by atoms with E-state index in [9.17, 15) is 35.1 Å². The normalized spacial score (nSPS) is 13.3. The summed E-state index contributed by atoms with van der Waals surface area (Å²) in [5.74, 6) is -0.846. The van der Waals surface area contributed by atoms with Gasteiger partial charge in [-0.25, -0.2) is 8.78 Å². The predicted molar refractivity (Wildman–Crippen MR) is 98.4 cm³/mol. The Kier molecular flexibility index (Phi) is 5.18. The SMILES string of the molecule is Nc1cccc(-c2[nH]c3c(Br)cc(C(F)(C(F)(F)F)C(F)(F)F)cc3c2Br)c1F. The monoisotopic (exact) mass is 550 g/mol. The number of hydrogen-bond acceptors (Lipinski definition) is 1. The van der Waals surface area contributed by atoms with Crippen LogP contribution in [-0.4, -0.2) is 17.3 Å². The molecule has 1 aromatic heterocycles. The van der Waals surface area contributed by atoms with Gasteiger partial charge in [-0.2, -0.15) is 26.3 Å². The van der Waals surface area contributed by atoms with Crippen LogP contribution in [0.4, 0.5) is 40.8 Å². The Hall–Kier alpha value is -1.82. The minimum atomic E-state index is -6.26. The highest BCUT2D eigenvalue weighted by Crippen LogP contribution is 2.54. The van der Waals surface area contributed by atoms with Crippen LogP contribution in [0.3, 0.4) is 0 Å². The first kappa shape index (κ1) is 21.9. The van der Waals surface area contributed by atoms with Crippen molar-refractivity contribution >= 4 is 48.5 Å². The summed E-state index contributed by atoms with van der Waals surface area (Å²) < 4.78 is 107. The van der Waals surface area contributed by atoms with Crippen molar-refractivity contribution in [3.8, 4) is 11.3 Å². The van der Waals surface area contributed by atoms with Crippen LogP contribution in [-0.2, 0) is 5.67 Å². The molecule has 3 N–H and O–H groups in total. The lowest BCUT2D eigenvalue weighted by Gasteiger charge is -2.30. The molecule has 0 unspecified atom stereocenters. The van der Waals surface area contributed by atoms with E-state index in [4.69, 9.17) is 5.73 Å². The number of hydrogen-bond donors (Lipinski definition) is 2. The van der Waals surface area contributed by atoms with E-state index >= 15 is 0 Å². The van der Waals surface area contributed by atoms with Crippen molar-refractivity contribution < 1.29 is 35.1 Å². The summed E-state index contributed by atoms with van der Waals surface area (Å²) in [7, 11) is 0. The van der Waals surface area contributed by atoms with Crippen molar-refractivity contribution in [3.05, 3.63) is 50.7 Å². The molecule has 0 radical (unpaired) electrons. The zero-order valence-electron chi connectivity index (χ0n) is 13.7. The third-order valence-electron chi connectivity index (χ3n) is 4.27. The van der Waals surface area contributed by atoms with Crippen molar-refractivity contribution in [2.75, 3.05) is 5.73 Å². The van der Waals surface area contributed by atoms with E-state index in [1.165, 1.54) is 18.2 Å². The van der Waals surface area contributed by atoms with Gasteiger partial charge in [0.25, 0.3) is 0 Å². The minimum absolute atomic E-state index is 0.00567. The molecule has 0 aliphatic carbocycles. The van der Waals surface area contributed by atoms with Gasteiger partial charge in [-0.1, -0.05) is 6.07 Å². The zero-order chi connectivity index (χ0) is 21.9. The topological polar surface area (TPSA) is 41.8 Å². The Balaban J connectivity index is 2.33. The minimum Gasteiger partial charge on any atom is -0.396 e. The molecule has 2 nitrogen and oxygen atoms in total. The summed E-state index contributed by atoms with van der Waals surface area (Å²) in [4.78, 5) is 2.70. The molecule has 3 rings (SSSR count). The fraction of sp³-hybridized carbons (Fsp3) is 0.176. The molecule has 0 amide bonds. The van der Waals surface area contributed by atoms with Crippen molar-refractivity contribution in [1.82, 2.24) is 4.98 Å². The second-order valence-corrected chi connectivity index (χ2v) is 7.70. The molecule has 0 spiro atoms. The second kappa shape index (κ2) is 6.86. The van der Waals surface area contributed by atoms with Crippen LogP contribution in [0, 0.1) is 5.82 Å². The first-order valence-corrected chi connectivity index (χ1v) is 9.16. The number of aromatic amines is 1. The van der Waals surface area contributed by atoms with Gasteiger partial charge in [0, 0.05) is 21.0 Å². The Morgan fingerprint density at radius 1 is 0.897 bits per heavy atom. The molecule has 0 saturated carbocycles. The molecule has 1 heterocycles. The third-order valence-corrected chi connectivity index (χ3v) is 5.72. The van der Waals surface area contributed by atoms with Gasteiger partial charge in [-0.05, 0) is 56.1 Å². The third kappa shape index (κ3) is 3.29. The lowest BCUT2D eigenvalue weighted by molar-refractivity contribution is -0.348. The van der Waals surface area contributed by atoms with Crippen LogP contribution >= 0.6 is 31.9 Å². The van der Waals surface area contributed by atoms with Gasteiger partial charge >= 0.3 is 18.0 Å². The number of alkyl halides is 7. The smallest absolute Gasteiger partial charge is 0.396 e. The van der Waals surface area contributed by atoms with E-state index in [1.807, 2.05) is 0 Å². The average molecular weight is 552 g/mol. The summed E-state index contributed by atoms with van der Waals surface area (Å²) in [6.07, 6.45) is -12.5. The molecule has 156 valence electrons. The van der Waals surface area contributed by atoms with E-state index in [-0.39, 0.29) is 36.8 Å². The molecule has 0 bridgehead atoms. The van der Waals surface area contributed by atoms with E-state index in [1.54, 1.807) is 0 Å². The number of aromatic nitrogens is 1. The number of nitrogens with one attached hydrogen (secondary N) is 1. The molecule has 0 fully saturated rings. The van der Waals surface area contributed by atoms with E-state index < -0.39 is 29.4 Å². The number of nitrogens with two attached hydrogens (primary N) is 1. The van der Waals surface area contributed by atoms with Gasteiger partial charge in [0.05, 0.1) is 21.4 Å². The number of anilines is 1. The maximum absolute atomic E-state index is 14.5. The van der Waals surface area contributed by atoms with Crippen LogP contribution in [0.5, 0.6) is 0 Å². The molecule has 29 heavy (non-hydrogen) atoms. The standard InChI is InChI=1S/C17H8Br2F8N2/c18-9-5-6(15(21,16(22,23)24)17(25,26)27)4-8-11(19)14(29-13(8)9)7-2-1-3-10(28)12(7)20/h1-5,29H,28H2. The van der Waals surface area contributed by atoms with Crippen molar-refractivity contribution in [2.24, 2.45) is 0 Å². The molecule has 0 aliphatic rings. The number of fused-ring (bicyclic) bond motifs is 1. The molecule has 3 aromatic rings. The van der Waals surface area contributed by atoms with Crippen LogP contribution in [0.15, 0.2) is 39.3 Å². The first-order chi connectivity index (χ1) is 13.2. The molecular formula is C17H8Br2F8N2. The zero-order valence-corrected chi connectivity index (χ0v) is 16.9. The summed E-state index contributed by atoms with van der Waals surface area (Å²) in [5, 5.41) is -0.221. The Labute approximate surface area is 174 Å². The van der Waals surface area contributed by atoms with Crippen molar-refractivity contribution in [2.45, 2.75) is 18.0 Å². The average Bonchev–Trinajstić information content (AvgIpc) is 2.92. The summed E-state index contributed by atoms with van der Waals surface area (Å²) in [6, 6.07) is 4.78. The number of benzene rings is 2. The number of halogens is 10. The maximum Gasteiger partial charge on any atom is 0.435 e. The summed E-state index contributed by atoms with van der Waals surface area (Å²) >= 11 is 5.89. The van der Waals surface area contributed by atoms with E-state index in [0.29, 0.717) is 12.1 Å². The molecule has 0 atom stereocenters.